The van der Waals surface area contributed by atoms with E-state index in [1.54, 1.807) is 0 Å². The number of carbonyl (C=O) groups excluding carboxylic acids is 1. The Bertz CT molecular complexity index is 370. The topological polar surface area (TPSA) is 54.9 Å². The Morgan fingerprint density at radius 3 is 2.73 bits per heavy atom. The SMILES string of the molecule is CSc1ncc(C(=O)NC(C)C)c(Cl)n1. The molecule has 82 valence electrons. The van der Waals surface area contributed by atoms with Crippen LogP contribution in [-0.4, -0.2) is 28.2 Å². The highest BCUT2D eigenvalue weighted by Crippen LogP contribution is 2.16. The molecule has 15 heavy (non-hydrogen) atoms. The van der Waals surface area contributed by atoms with Crippen LogP contribution in [0.1, 0.15) is 24.2 Å². The van der Waals surface area contributed by atoms with Crippen LogP contribution >= 0.6 is 23.4 Å². The summed E-state index contributed by atoms with van der Waals surface area (Å²) in [6.07, 6.45) is 3.29. The van der Waals surface area contributed by atoms with Crippen molar-refractivity contribution in [3.8, 4) is 0 Å². The Kier molecular flexibility index (Phi) is 4.35. The van der Waals surface area contributed by atoms with Crippen LogP contribution in [0, 0.1) is 0 Å². The molecule has 0 aliphatic carbocycles. The van der Waals surface area contributed by atoms with Crippen LogP contribution in [0.25, 0.3) is 0 Å². The summed E-state index contributed by atoms with van der Waals surface area (Å²) in [6, 6.07) is 0.0637. The number of halogens is 1. The zero-order valence-electron chi connectivity index (χ0n) is 8.74. The molecule has 0 spiro atoms. The molecule has 1 rings (SSSR count). The zero-order valence-corrected chi connectivity index (χ0v) is 10.3. The van der Waals surface area contributed by atoms with E-state index < -0.39 is 0 Å². The molecule has 0 unspecified atom stereocenters. The largest absolute Gasteiger partial charge is 0.350 e. The van der Waals surface area contributed by atoms with Gasteiger partial charge in [0.2, 0.25) is 0 Å². The van der Waals surface area contributed by atoms with Crippen LogP contribution in [0.15, 0.2) is 11.4 Å². The van der Waals surface area contributed by atoms with Gasteiger partial charge in [-0.05, 0) is 20.1 Å². The van der Waals surface area contributed by atoms with Crippen molar-refractivity contribution in [3.05, 3.63) is 16.9 Å². The van der Waals surface area contributed by atoms with Gasteiger partial charge in [-0.2, -0.15) is 0 Å². The third-order valence-corrected chi connectivity index (χ3v) is 2.42. The van der Waals surface area contributed by atoms with Gasteiger partial charge >= 0.3 is 0 Å². The minimum Gasteiger partial charge on any atom is -0.350 e. The summed E-state index contributed by atoms with van der Waals surface area (Å²) in [5, 5.41) is 3.47. The molecule has 1 N–H and O–H groups in total. The van der Waals surface area contributed by atoms with Gasteiger partial charge in [0.1, 0.15) is 5.15 Å². The second kappa shape index (κ2) is 5.32. The summed E-state index contributed by atoms with van der Waals surface area (Å²) in [5.74, 6) is -0.248. The predicted octanol–water partition coefficient (Wildman–Crippen LogP) is 1.99. The molecular formula is C9H12ClN3OS. The summed E-state index contributed by atoms with van der Waals surface area (Å²) in [4.78, 5) is 19.6. The fourth-order valence-electron chi connectivity index (χ4n) is 0.937. The van der Waals surface area contributed by atoms with Gasteiger partial charge < -0.3 is 5.32 Å². The van der Waals surface area contributed by atoms with E-state index in [9.17, 15) is 4.79 Å². The lowest BCUT2D eigenvalue weighted by Gasteiger charge is -2.08. The average molecular weight is 246 g/mol. The second-order valence-corrected chi connectivity index (χ2v) is 4.32. The minimum atomic E-state index is -0.248. The lowest BCUT2D eigenvalue weighted by atomic mass is 10.3. The van der Waals surface area contributed by atoms with Crippen molar-refractivity contribution in [2.24, 2.45) is 0 Å². The third-order valence-electron chi connectivity index (χ3n) is 1.57. The number of hydrogen-bond acceptors (Lipinski definition) is 4. The van der Waals surface area contributed by atoms with Crippen molar-refractivity contribution in [1.29, 1.82) is 0 Å². The van der Waals surface area contributed by atoms with E-state index in [0.717, 1.165) is 0 Å². The van der Waals surface area contributed by atoms with E-state index >= 15 is 0 Å². The van der Waals surface area contributed by atoms with Gasteiger partial charge in [0.25, 0.3) is 5.91 Å². The maximum absolute atomic E-state index is 11.6. The number of nitrogens with zero attached hydrogens (tertiary/aromatic N) is 2. The Morgan fingerprint density at radius 2 is 2.27 bits per heavy atom. The van der Waals surface area contributed by atoms with Crippen molar-refractivity contribution in [3.63, 3.8) is 0 Å². The third kappa shape index (κ3) is 3.35. The lowest BCUT2D eigenvalue weighted by molar-refractivity contribution is 0.0942. The van der Waals surface area contributed by atoms with Crippen LogP contribution in [0.3, 0.4) is 0 Å². The minimum absolute atomic E-state index is 0.0637. The number of thioether (sulfide) groups is 1. The van der Waals surface area contributed by atoms with Gasteiger partial charge in [0, 0.05) is 12.2 Å². The first-order valence-electron chi connectivity index (χ1n) is 4.42. The first kappa shape index (κ1) is 12.3. The smallest absolute Gasteiger partial charge is 0.256 e. The van der Waals surface area contributed by atoms with E-state index in [0.29, 0.717) is 10.7 Å². The van der Waals surface area contributed by atoms with Crippen LogP contribution < -0.4 is 5.32 Å². The van der Waals surface area contributed by atoms with Gasteiger partial charge in [-0.25, -0.2) is 9.97 Å². The molecule has 1 aromatic rings. The molecule has 0 aliphatic rings. The zero-order chi connectivity index (χ0) is 11.4. The summed E-state index contributed by atoms with van der Waals surface area (Å²) >= 11 is 7.24. The molecule has 0 saturated carbocycles. The van der Waals surface area contributed by atoms with Gasteiger partial charge in [0.05, 0.1) is 5.56 Å². The van der Waals surface area contributed by atoms with Crippen LogP contribution in [-0.2, 0) is 0 Å². The molecule has 0 aliphatic heterocycles. The molecule has 6 heteroatoms. The maximum Gasteiger partial charge on any atom is 0.256 e. The van der Waals surface area contributed by atoms with Crippen molar-refractivity contribution < 1.29 is 4.79 Å². The molecule has 0 radical (unpaired) electrons. The number of rotatable bonds is 3. The quantitative estimate of drug-likeness (QED) is 0.503. The van der Waals surface area contributed by atoms with E-state index in [2.05, 4.69) is 15.3 Å². The first-order valence-corrected chi connectivity index (χ1v) is 6.02. The van der Waals surface area contributed by atoms with Crippen LogP contribution in [0.2, 0.25) is 5.15 Å². The number of aromatic nitrogens is 2. The standard InChI is InChI=1S/C9H12ClN3OS/c1-5(2)12-8(14)6-4-11-9(15-3)13-7(6)10/h4-5H,1-3H3,(H,12,14). The number of nitrogens with one attached hydrogen (secondary N) is 1. The summed E-state index contributed by atoms with van der Waals surface area (Å²) in [5.41, 5.74) is 0.308. The number of carbonyl (C=O) groups is 1. The van der Waals surface area contributed by atoms with E-state index in [1.807, 2.05) is 20.1 Å². The van der Waals surface area contributed by atoms with Crippen LogP contribution in [0.4, 0.5) is 0 Å². The molecule has 0 fully saturated rings. The Labute approximate surface area is 97.8 Å². The van der Waals surface area contributed by atoms with Crippen molar-refractivity contribution in [2.45, 2.75) is 25.0 Å². The molecule has 1 heterocycles. The number of hydrogen-bond donors (Lipinski definition) is 1. The van der Waals surface area contributed by atoms with Crippen molar-refractivity contribution in [2.75, 3.05) is 6.26 Å². The maximum atomic E-state index is 11.6. The van der Waals surface area contributed by atoms with Crippen molar-refractivity contribution in [1.82, 2.24) is 15.3 Å². The highest BCUT2D eigenvalue weighted by atomic mass is 35.5. The molecule has 1 aromatic heterocycles. The highest BCUT2D eigenvalue weighted by molar-refractivity contribution is 7.98. The number of amides is 1. The first-order chi connectivity index (χ1) is 7.04. The monoisotopic (exact) mass is 245 g/mol. The fraction of sp³-hybridized carbons (Fsp3) is 0.444. The normalized spacial score (nSPS) is 10.5. The Morgan fingerprint density at radius 1 is 1.60 bits per heavy atom. The lowest BCUT2D eigenvalue weighted by Crippen LogP contribution is -2.30. The molecular weight excluding hydrogens is 234 g/mol. The summed E-state index contributed by atoms with van der Waals surface area (Å²) in [7, 11) is 0. The Hall–Kier alpha value is -0.810. The molecule has 4 nitrogen and oxygen atoms in total. The average Bonchev–Trinajstić information content (AvgIpc) is 2.16. The second-order valence-electron chi connectivity index (χ2n) is 3.19. The van der Waals surface area contributed by atoms with Gasteiger partial charge in [-0.3, -0.25) is 4.79 Å². The van der Waals surface area contributed by atoms with Gasteiger partial charge in [-0.15, -0.1) is 0 Å². The molecule has 0 bridgehead atoms. The highest BCUT2D eigenvalue weighted by Gasteiger charge is 2.13. The van der Waals surface area contributed by atoms with E-state index in [-0.39, 0.29) is 17.1 Å². The fourth-order valence-corrected chi connectivity index (χ4v) is 1.54. The molecule has 0 atom stereocenters. The molecule has 1 amide bonds. The Balaban J connectivity index is 2.90. The molecule has 0 aromatic carbocycles. The summed E-state index contributed by atoms with van der Waals surface area (Å²) < 4.78 is 0. The van der Waals surface area contributed by atoms with E-state index in [4.69, 9.17) is 11.6 Å². The predicted molar refractivity (Wildman–Crippen MR) is 61.4 cm³/mol. The van der Waals surface area contributed by atoms with Gasteiger partial charge in [0.15, 0.2) is 5.16 Å². The summed E-state index contributed by atoms with van der Waals surface area (Å²) in [6.45, 7) is 3.76. The molecule has 0 saturated heterocycles. The van der Waals surface area contributed by atoms with Gasteiger partial charge in [-0.1, -0.05) is 23.4 Å². The van der Waals surface area contributed by atoms with Crippen LogP contribution in [0.5, 0.6) is 0 Å². The van der Waals surface area contributed by atoms with E-state index in [1.165, 1.54) is 18.0 Å². The van der Waals surface area contributed by atoms with Crippen molar-refractivity contribution >= 4 is 29.3 Å².